The van der Waals surface area contributed by atoms with Crippen molar-refractivity contribution in [2.45, 2.75) is 174 Å². The van der Waals surface area contributed by atoms with Crippen LogP contribution in [0, 0.1) is 0 Å². The summed E-state index contributed by atoms with van der Waals surface area (Å²) in [6, 6.07) is 7.96. The first kappa shape index (κ1) is 47.0. The molecule has 1 rings (SSSR count). The lowest BCUT2D eigenvalue weighted by atomic mass is 10.1. The Balaban J connectivity index is 2.72. The third-order valence-electron chi connectivity index (χ3n) is 8.44. The van der Waals surface area contributed by atoms with Crippen molar-refractivity contribution in [1.29, 1.82) is 0 Å². The highest BCUT2D eigenvalue weighted by atomic mass is 32.2. The quantitative estimate of drug-likeness (QED) is 0.0407. The predicted octanol–water partition coefficient (Wildman–Crippen LogP) is 9.58. The predicted molar refractivity (Wildman–Crippen MR) is 215 cm³/mol. The maximum Gasteiger partial charge on any atom is 0.408 e. The van der Waals surface area contributed by atoms with Crippen LogP contribution in [0.15, 0.2) is 42.5 Å². The third kappa shape index (κ3) is 27.6. The van der Waals surface area contributed by atoms with Crippen LogP contribution in [0.4, 0.5) is 4.79 Å². The summed E-state index contributed by atoms with van der Waals surface area (Å²) in [6.45, 7) is 10.1. The number of carbonyl (C=O) groups is 4. The van der Waals surface area contributed by atoms with Crippen molar-refractivity contribution in [1.82, 2.24) is 16.0 Å². The van der Waals surface area contributed by atoms with E-state index >= 15 is 0 Å². The van der Waals surface area contributed by atoms with E-state index in [2.05, 4.69) is 29.8 Å². The second-order valence-electron chi connectivity index (χ2n) is 14.7. The molecule has 0 aliphatic heterocycles. The second kappa shape index (κ2) is 30.5. The molecule has 0 saturated carbocycles. The maximum absolute atomic E-state index is 13.1. The van der Waals surface area contributed by atoms with E-state index in [0.717, 1.165) is 44.1 Å². The number of amides is 3. The molecule has 0 aliphatic rings. The number of hydrogen-bond acceptors (Lipinski definition) is 7. The fourth-order valence-corrected chi connectivity index (χ4v) is 6.59. The molecule has 52 heavy (non-hydrogen) atoms. The topological polar surface area (TPSA) is 123 Å². The summed E-state index contributed by atoms with van der Waals surface area (Å²) in [6.07, 6.45) is 23.3. The van der Waals surface area contributed by atoms with E-state index in [-0.39, 0.29) is 36.8 Å². The van der Waals surface area contributed by atoms with Crippen molar-refractivity contribution in [3.63, 3.8) is 0 Å². The summed E-state index contributed by atoms with van der Waals surface area (Å²) in [5, 5.41) is 8.69. The highest BCUT2D eigenvalue weighted by Gasteiger charge is 2.28. The first-order valence-electron chi connectivity index (χ1n) is 20.1. The molecule has 3 N–H and O–H groups in total. The normalized spacial score (nSPS) is 12.6. The van der Waals surface area contributed by atoms with Crippen LogP contribution in [0.1, 0.15) is 156 Å². The van der Waals surface area contributed by atoms with Gasteiger partial charge in [-0.2, -0.15) is 11.8 Å². The number of unbranched alkanes of at least 4 members (excludes halogenated alkanes) is 15. The van der Waals surface area contributed by atoms with Crippen LogP contribution in [0.25, 0.3) is 0 Å². The number of carbonyl (C=O) groups excluding carboxylic acids is 4. The van der Waals surface area contributed by atoms with E-state index in [1.165, 1.54) is 82.4 Å². The Morgan fingerprint density at radius 1 is 0.750 bits per heavy atom. The van der Waals surface area contributed by atoms with Gasteiger partial charge in [-0.15, -0.1) is 0 Å². The van der Waals surface area contributed by atoms with E-state index < -0.39 is 23.7 Å². The zero-order valence-corrected chi connectivity index (χ0v) is 33.9. The van der Waals surface area contributed by atoms with Crippen LogP contribution in [-0.2, 0) is 30.5 Å². The molecule has 0 unspecified atom stereocenters. The van der Waals surface area contributed by atoms with Crippen LogP contribution < -0.4 is 16.0 Å². The number of esters is 1. The molecule has 0 aromatic heterocycles. The molecule has 9 nitrogen and oxygen atoms in total. The van der Waals surface area contributed by atoms with Crippen molar-refractivity contribution in [3.05, 3.63) is 48.0 Å². The Hall–Kier alpha value is -3.01. The number of hydrogen-bond donors (Lipinski definition) is 3. The van der Waals surface area contributed by atoms with E-state index in [1.54, 1.807) is 26.8 Å². The van der Waals surface area contributed by atoms with Gasteiger partial charge >= 0.3 is 12.1 Å². The van der Waals surface area contributed by atoms with Gasteiger partial charge in [0.25, 0.3) is 0 Å². The van der Waals surface area contributed by atoms with Crippen molar-refractivity contribution >= 4 is 35.6 Å². The molecule has 0 heterocycles. The molecule has 1 aromatic rings. The minimum atomic E-state index is -0.966. The zero-order valence-electron chi connectivity index (χ0n) is 33.1. The minimum absolute atomic E-state index is 0.0314. The van der Waals surface area contributed by atoms with Crippen LogP contribution in [0.2, 0.25) is 0 Å². The molecule has 296 valence electrons. The van der Waals surface area contributed by atoms with E-state index in [0.29, 0.717) is 12.2 Å². The van der Waals surface area contributed by atoms with Gasteiger partial charge in [0, 0.05) is 24.5 Å². The molecule has 0 radical (unpaired) electrons. The van der Waals surface area contributed by atoms with Crippen molar-refractivity contribution in [3.8, 4) is 0 Å². The molecular weight excluding hydrogens is 675 g/mol. The Morgan fingerprint density at radius 3 is 1.92 bits per heavy atom. The van der Waals surface area contributed by atoms with Crippen LogP contribution in [-0.4, -0.2) is 59.6 Å². The second-order valence-corrected chi connectivity index (χ2v) is 15.8. The average molecular weight is 746 g/mol. The fourth-order valence-electron chi connectivity index (χ4n) is 5.51. The Kier molecular flexibility index (Phi) is 27.5. The zero-order chi connectivity index (χ0) is 38.3. The highest BCUT2D eigenvalue weighted by Crippen LogP contribution is 2.14. The molecule has 0 bridgehead atoms. The lowest BCUT2D eigenvalue weighted by Gasteiger charge is -2.25. The number of alkyl carbamates (subject to hydrolysis) is 1. The molecule has 0 aliphatic carbocycles. The Morgan fingerprint density at radius 2 is 1.33 bits per heavy atom. The number of ether oxygens (including phenoxy) is 2. The first-order valence-corrected chi connectivity index (χ1v) is 21.2. The van der Waals surface area contributed by atoms with Gasteiger partial charge in [-0.1, -0.05) is 140 Å². The maximum atomic E-state index is 13.1. The summed E-state index contributed by atoms with van der Waals surface area (Å²) in [5.41, 5.74) is 0.0858. The number of thioether (sulfide) groups is 1. The largest absolute Gasteiger partial charge is 0.458 e. The summed E-state index contributed by atoms with van der Waals surface area (Å²) >= 11 is 1.39. The van der Waals surface area contributed by atoms with Crippen molar-refractivity contribution in [2.24, 2.45) is 0 Å². The van der Waals surface area contributed by atoms with Crippen LogP contribution >= 0.6 is 11.8 Å². The van der Waals surface area contributed by atoms with Gasteiger partial charge in [-0.25, -0.2) is 9.59 Å². The first-order chi connectivity index (χ1) is 25.0. The van der Waals surface area contributed by atoms with Crippen LogP contribution in [0.3, 0.4) is 0 Å². The number of benzene rings is 1. The van der Waals surface area contributed by atoms with Gasteiger partial charge in [0.15, 0.2) is 0 Å². The molecule has 0 saturated heterocycles. The Labute approximate surface area is 320 Å². The molecule has 2 atom stereocenters. The highest BCUT2D eigenvalue weighted by molar-refractivity contribution is 7.99. The SMILES string of the molecule is CCCCCCCCCC=CC(=O)N[C@H](CNC(=O)CCCCCCCCCCC)CSC[C@H](NC(=O)OCc1ccccc1)C(=O)OC(C)(C)C. The van der Waals surface area contributed by atoms with E-state index in [1.807, 2.05) is 36.4 Å². The minimum Gasteiger partial charge on any atom is -0.458 e. The summed E-state index contributed by atoms with van der Waals surface area (Å²) in [4.78, 5) is 51.4. The van der Waals surface area contributed by atoms with Gasteiger partial charge in [0.1, 0.15) is 18.2 Å². The molecule has 10 heteroatoms. The molecule has 0 spiro atoms. The van der Waals surface area contributed by atoms with Crippen molar-refractivity contribution in [2.75, 3.05) is 18.1 Å². The van der Waals surface area contributed by atoms with E-state index in [4.69, 9.17) is 9.47 Å². The average Bonchev–Trinajstić information content (AvgIpc) is 3.10. The molecular formula is C42H71N3O6S. The monoisotopic (exact) mass is 746 g/mol. The van der Waals surface area contributed by atoms with Gasteiger partial charge in [0.05, 0.1) is 6.04 Å². The number of nitrogens with one attached hydrogen (secondary N) is 3. The van der Waals surface area contributed by atoms with Gasteiger partial charge in [-0.3, -0.25) is 9.59 Å². The standard InChI is InChI=1S/C42H71N3O6S/c1-6-8-10-12-14-16-18-20-25-29-38(46)43-31-36(44-39(47)30-26-21-19-17-15-13-11-9-7-2)33-52-34-37(40(48)51-42(3,4)5)45-41(49)50-32-35-27-23-22-24-28-35/h22-24,26-28,30,36-37H,6-21,25,29,31-34H2,1-5H3,(H,43,46)(H,44,47)(H,45,49)/t36-,37+/m1/s1. The van der Waals surface area contributed by atoms with Gasteiger partial charge < -0.3 is 25.4 Å². The number of allylic oxidation sites excluding steroid dienone is 1. The summed E-state index contributed by atoms with van der Waals surface area (Å²) in [5.74, 6) is -0.207. The molecule has 3 amide bonds. The molecule has 1 aromatic carbocycles. The summed E-state index contributed by atoms with van der Waals surface area (Å²) in [7, 11) is 0. The number of rotatable bonds is 30. The van der Waals surface area contributed by atoms with Gasteiger partial charge in [0.2, 0.25) is 11.8 Å². The molecule has 0 fully saturated rings. The Bertz CT molecular complexity index is 1120. The van der Waals surface area contributed by atoms with Crippen LogP contribution in [0.5, 0.6) is 0 Å². The van der Waals surface area contributed by atoms with Gasteiger partial charge in [-0.05, 0) is 51.7 Å². The summed E-state index contributed by atoms with van der Waals surface area (Å²) < 4.78 is 10.9. The smallest absolute Gasteiger partial charge is 0.408 e. The van der Waals surface area contributed by atoms with E-state index in [9.17, 15) is 19.2 Å². The van der Waals surface area contributed by atoms with Crippen molar-refractivity contribution < 1.29 is 28.7 Å². The third-order valence-corrected chi connectivity index (χ3v) is 9.65. The lowest BCUT2D eigenvalue weighted by molar-refractivity contribution is -0.156. The fraction of sp³-hybridized carbons (Fsp3) is 0.714. The lowest BCUT2D eigenvalue weighted by Crippen LogP contribution is -2.47.